The van der Waals surface area contributed by atoms with Crippen molar-refractivity contribution in [1.82, 2.24) is 14.9 Å². The zero-order chi connectivity index (χ0) is 18.9. The van der Waals surface area contributed by atoms with Crippen LogP contribution in [0.4, 0.5) is 0 Å². The molecule has 0 aliphatic heterocycles. The molecule has 138 valence electrons. The summed E-state index contributed by atoms with van der Waals surface area (Å²) in [6.45, 7) is 14.5. The van der Waals surface area contributed by atoms with E-state index < -0.39 is 0 Å². The van der Waals surface area contributed by atoms with E-state index in [4.69, 9.17) is 4.98 Å². The summed E-state index contributed by atoms with van der Waals surface area (Å²) in [7, 11) is 0. The van der Waals surface area contributed by atoms with Gasteiger partial charge in [0.15, 0.2) is 5.16 Å². The number of thiophene rings is 1. The second-order valence-corrected chi connectivity index (χ2v) is 9.54. The highest BCUT2D eigenvalue weighted by Crippen LogP contribution is 2.30. The van der Waals surface area contributed by atoms with Crippen LogP contribution in [0.3, 0.4) is 0 Å². The van der Waals surface area contributed by atoms with Gasteiger partial charge in [0.25, 0.3) is 5.56 Å². The molecule has 1 atom stereocenters. The Morgan fingerprint density at radius 3 is 2.44 bits per heavy atom. The van der Waals surface area contributed by atoms with Gasteiger partial charge >= 0.3 is 0 Å². The third-order valence-electron chi connectivity index (χ3n) is 4.06. The fourth-order valence-corrected chi connectivity index (χ4v) is 4.62. The van der Waals surface area contributed by atoms with Gasteiger partial charge in [-0.15, -0.1) is 11.3 Å². The topological polar surface area (TPSA) is 64.0 Å². The number of amides is 1. The monoisotopic (exact) mass is 381 g/mol. The summed E-state index contributed by atoms with van der Waals surface area (Å²) in [5.74, 6) is 0.378. The van der Waals surface area contributed by atoms with Gasteiger partial charge in [0.2, 0.25) is 5.91 Å². The molecular formula is C18H27N3O2S2. The minimum Gasteiger partial charge on any atom is -0.355 e. The highest BCUT2D eigenvalue weighted by atomic mass is 32.2. The van der Waals surface area contributed by atoms with E-state index >= 15 is 0 Å². The van der Waals surface area contributed by atoms with E-state index in [1.54, 1.807) is 4.57 Å². The smallest absolute Gasteiger partial charge is 0.263 e. The Labute approximate surface area is 157 Å². The third-order valence-corrected chi connectivity index (χ3v) is 6.22. The first-order valence-electron chi connectivity index (χ1n) is 8.60. The Bertz CT molecular complexity index is 837. The number of aromatic nitrogens is 2. The molecule has 0 saturated heterocycles. The number of fused-ring (bicyclic) bond motifs is 1. The molecular weight excluding hydrogens is 354 g/mol. The molecule has 7 heteroatoms. The molecule has 0 radical (unpaired) electrons. The van der Waals surface area contributed by atoms with Gasteiger partial charge < -0.3 is 5.32 Å². The number of carbonyl (C=O) groups excluding carboxylic acids is 1. The standard InChI is InChI=1S/C18H27N3O2S2/c1-9(2)8-19-15(22)13(7)25-18-20-16-14(11(5)12(6)24-16)17(23)21(18)10(3)4/h9-10,13H,8H2,1-7H3,(H,19,22)/t13-/m1/s1. The molecule has 2 aromatic heterocycles. The number of hydrogen-bond acceptors (Lipinski definition) is 5. The summed E-state index contributed by atoms with van der Waals surface area (Å²) in [4.78, 5) is 31.9. The zero-order valence-corrected chi connectivity index (χ0v) is 17.6. The van der Waals surface area contributed by atoms with Gasteiger partial charge in [0, 0.05) is 17.5 Å². The van der Waals surface area contributed by atoms with Gasteiger partial charge in [-0.1, -0.05) is 25.6 Å². The number of nitrogens with one attached hydrogen (secondary N) is 1. The first-order valence-corrected chi connectivity index (χ1v) is 10.3. The van der Waals surface area contributed by atoms with Crippen LogP contribution in [0.25, 0.3) is 10.2 Å². The van der Waals surface area contributed by atoms with E-state index in [9.17, 15) is 9.59 Å². The first kappa shape index (κ1) is 20.0. The van der Waals surface area contributed by atoms with Gasteiger partial charge in [0.05, 0.1) is 10.6 Å². The second-order valence-electron chi connectivity index (χ2n) is 7.03. The highest BCUT2D eigenvalue weighted by molar-refractivity contribution is 8.00. The largest absolute Gasteiger partial charge is 0.355 e. The van der Waals surface area contributed by atoms with Crippen molar-refractivity contribution < 1.29 is 4.79 Å². The molecule has 0 saturated carbocycles. The lowest BCUT2D eigenvalue weighted by Gasteiger charge is -2.18. The normalized spacial score (nSPS) is 13.0. The maximum absolute atomic E-state index is 13.0. The summed E-state index contributed by atoms with van der Waals surface area (Å²) in [6.07, 6.45) is 0. The van der Waals surface area contributed by atoms with Crippen LogP contribution in [0.1, 0.15) is 51.1 Å². The minimum absolute atomic E-state index is 0.0147. The maximum atomic E-state index is 13.0. The quantitative estimate of drug-likeness (QED) is 0.609. The first-order chi connectivity index (χ1) is 11.6. The van der Waals surface area contributed by atoms with Crippen molar-refractivity contribution in [3.8, 4) is 0 Å². The summed E-state index contributed by atoms with van der Waals surface area (Å²) < 4.78 is 1.71. The number of nitrogens with zero attached hydrogens (tertiary/aromatic N) is 2. The molecule has 5 nitrogen and oxygen atoms in total. The van der Waals surface area contributed by atoms with E-state index in [1.807, 2.05) is 34.6 Å². The number of carbonyl (C=O) groups is 1. The molecule has 2 rings (SSSR count). The van der Waals surface area contributed by atoms with E-state index in [2.05, 4.69) is 19.2 Å². The highest BCUT2D eigenvalue weighted by Gasteiger charge is 2.22. The van der Waals surface area contributed by atoms with E-state index in [1.165, 1.54) is 23.1 Å². The van der Waals surface area contributed by atoms with Gasteiger partial charge in [-0.05, 0) is 46.1 Å². The Hall–Kier alpha value is -1.34. The fraction of sp³-hybridized carbons (Fsp3) is 0.611. The number of hydrogen-bond donors (Lipinski definition) is 1. The van der Waals surface area contributed by atoms with Crippen LogP contribution in [0.5, 0.6) is 0 Å². The third kappa shape index (κ3) is 4.26. The summed E-state index contributed by atoms with van der Waals surface area (Å²) >= 11 is 2.89. The molecule has 0 spiro atoms. The molecule has 0 aliphatic carbocycles. The Balaban J connectivity index is 2.42. The molecule has 0 unspecified atom stereocenters. The second kappa shape index (κ2) is 7.91. The van der Waals surface area contributed by atoms with Crippen molar-refractivity contribution in [1.29, 1.82) is 0 Å². The predicted octanol–water partition coefficient (Wildman–Crippen LogP) is 3.91. The van der Waals surface area contributed by atoms with Gasteiger partial charge in [-0.25, -0.2) is 4.98 Å². The maximum Gasteiger partial charge on any atom is 0.263 e. The lowest BCUT2D eigenvalue weighted by Crippen LogP contribution is -2.34. The van der Waals surface area contributed by atoms with Crippen LogP contribution in [0.2, 0.25) is 0 Å². The van der Waals surface area contributed by atoms with E-state index in [-0.39, 0.29) is 22.8 Å². The molecule has 1 N–H and O–H groups in total. The number of rotatable bonds is 6. The van der Waals surface area contributed by atoms with E-state index in [0.29, 0.717) is 23.0 Å². The van der Waals surface area contributed by atoms with Crippen LogP contribution >= 0.6 is 23.1 Å². The van der Waals surface area contributed by atoms with Gasteiger partial charge in [-0.2, -0.15) is 0 Å². The Morgan fingerprint density at radius 2 is 1.88 bits per heavy atom. The van der Waals surface area contributed by atoms with E-state index in [0.717, 1.165) is 15.3 Å². The van der Waals surface area contributed by atoms with Crippen LogP contribution in [-0.4, -0.2) is 27.3 Å². The summed E-state index contributed by atoms with van der Waals surface area (Å²) in [5.41, 5.74) is 0.991. The number of thioether (sulfide) groups is 1. The fourth-order valence-electron chi connectivity index (χ4n) is 2.49. The van der Waals surface area contributed by atoms with Crippen LogP contribution in [0, 0.1) is 19.8 Å². The van der Waals surface area contributed by atoms with Crippen molar-refractivity contribution in [3.05, 3.63) is 20.8 Å². The SMILES string of the molecule is Cc1sc2nc(S[C@H](C)C(=O)NCC(C)C)n(C(C)C)c(=O)c2c1C. The lowest BCUT2D eigenvalue weighted by molar-refractivity contribution is -0.120. The van der Waals surface area contributed by atoms with Crippen molar-refractivity contribution in [3.63, 3.8) is 0 Å². The average Bonchev–Trinajstić information content (AvgIpc) is 2.79. The molecule has 0 aromatic carbocycles. The van der Waals surface area contributed by atoms with Gasteiger partial charge in [0.1, 0.15) is 4.83 Å². The van der Waals surface area contributed by atoms with Crippen LogP contribution < -0.4 is 10.9 Å². The molecule has 2 heterocycles. The molecule has 2 aromatic rings. The molecule has 25 heavy (non-hydrogen) atoms. The van der Waals surface area contributed by atoms with Crippen molar-refractivity contribution in [2.45, 2.75) is 64.9 Å². The molecule has 1 amide bonds. The Kier molecular flexibility index (Phi) is 6.32. The van der Waals surface area contributed by atoms with Crippen LogP contribution in [0.15, 0.2) is 9.95 Å². The van der Waals surface area contributed by atoms with Crippen molar-refractivity contribution in [2.75, 3.05) is 6.54 Å². The molecule has 0 aliphatic rings. The minimum atomic E-state index is -0.310. The zero-order valence-electron chi connectivity index (χ0n) is 16.0. The van der Waals surface area contributed by atoms with Crippen molar-refractivity contribution in [2.24, 2.45) is 5.92 Å². The lowest BCUT2D eigenvalue weighted by atomic mass is 10.2. The summed E-state index contributed by atoms with van der Waals surface area (Å²) in [5, 5.41) is 3.95. The summed E-state index contributed by atoms with van der Waals surface area (Å²) in [6, 6.07) is -0.0163. The van der Waals surface area contributed by atoms with Gasteiger partial charge in [-0.3, -0.25) is 14.2 Å². The molecule has 0 fully saturated rings. The Morgan fingerprint density at radius 1 is 1.24 bits per heavy atom. The number of aryl methyl sites for hydroxylation is 2. The van der Waals surface area contributed by atoms with Crippen LogP contribution in [-0.2, 0) is 4.79 Å². The predicted molar refractivity (Wildman–Crippen MR) is 107 cm³/mol. The molecule has 0 bridgehead atoms. The average molecular weight is 382 g/mol. The van der Waals surface area contributed by atoms with Crippen molar-refractivity contribution >= 4 is 39.2 Å².